The zero-order chi connectivity index (χ0) is 27.7. The molecule has 0 saturated heterocycles. The van der Waals surface area contributed by atoms with Crippen LogP contribution in [0.1, 0.15) is 37.7 Å². The molecule has 0 aliphatic rings. The van der Waals surface area contributed by atoms with Crippen LogP contribution in [0.3, 0.4) is 0 Å². The molecule has 2 aromatic carbocycles. The smallest absolute Gasteiger partial charge is 0.263 e. The number of anilines is 1. The third-order valence-corrected chi connectivity index (χ3v) is 7.73. The molecule has 0 amide bonds. The largest absolute Gasteiger partial charge is 0.445 e. The first-order valence-electron chi connectivity index (χ1n) is 12.2. The number of carbonyl (C=O) groups is 1. The lowest BCUT2D eigenvalue weighted by Gasteiger charge is -2.24. The zero-order valence-corrected chi connectivity index (χ0v) is 23.2. The first kappa shape index (κ1) is 27.3. The summed E-state index contributed by atoms with van der Waals surface area (Å²) in [4.78, 5) is 19.0. The summed E-state index contributed by atoms with van der Waals surface area (Å²) < 4.78 is 40.2. The number of likely N-dealkylation sites (N-methyl/N-ethyl adjacent to an activating group) is 1. The van der Waals surface area contributed by atoms with Gasteiger partial charge in [0, 0.05) is 28.7 Å². The Morgan fingerprint density at radius 1 is 1.08 bits per heavy atom. The number of aromatic nitrogens is 2. The van der Waals surface area contributed by atoms with Gasteiger partial charge in [-0.3, -0.25) is 14.4 Å². The van der Waals surface area contributed by atoms with Crippen molar-refractivity contribution >= 4 is 21.6 Å². The molecule has 0 atom stereocenters. The topological polar surface area (TPSA) is 119 Å². The molecule has 2 aromatic heterocycles. The van der Waals surface area contributed by atoms with Crippen LogP contribution in [0.2, 0.25) is 0 Å². The van der Waals surface area contributed by atoms with E-state index in [2.05, 4.69) is 14.9 Å². The average molecular weight is 537 g/mol. The Morgan fingerprint density at radius 2 is 1.82 bits per heavy atom. The fourth-order valence-electron chi connectivity index (χ4n) is 3.93. The monoisotopic (exact) mass is 536 g/mol. The maximum Gasteiger partial charge on any atom is 0.263 e. The van der Waals surface area contributed by atoms with Gasteiger partial charge in [0.15, 0.2) is 11.6 Å². The Kier molecular flexibility index (Phi) is 7.57. The minimum atomic E-state index is -4.01. The number of aryl methyl sites for hydroxylation is 1. The predicted molar refractivity (Wildman–Crippen MR) is 145 cm³/mol. The molecule has 0 bridgehead atoms. The van der Waals surface area contributed by atoms with Gasteiger partial charge in [0.05, 0.1) is 17.6 Å². The normalized spacial score (nSPS) is 12.2. The van der Waals surface area contributed by atoms with Crippen molar-refractivity contribution in [3.8, 4) is 22.6 Å². The van der Waals surface area contributed by atoms with E-state index >= 15 is 0 Å². The summed E-state index contributed by atoms with van der Waals surface area (Å²) >= 11 is 0. The van der Waals surface area contributed by atoms with Gasteiger partial charge in [-0.25, -0.2) is 13.4 Å². The summed E-state index contributed by atoms with van der Waals surface area (Å²) in [5, 5.41) is 3.85. The highest BCUT2D eigenvalue weighted by molar-refractivity contribution is 7.92. The Balaban J connectivity index is 1.77. The lowest BCUT2D eigenvalue weighted by atomic mass is 9.90. The van der Waals surface area contributed by atoms with Gasteiger partial charge in [-0.05, 0) is 50.2 Å². The van der Waals surface area contributed by atoms with Crippen LogP contribution in [0, 0.1) is 19.3 Å². The second kappa shape index (κ2) is 10.5. The Bertz CT molecular complexity index is 1550. The van der Waals surface area contributed by atoms with E-state index < -0.39 is 15.4 Å². The van der Waals surface area contributed by atoms with Gasteiger partial charge in [0.1, 0.15) is 12.0 Å². The molecule has 2 heterocycles. The number of rotatable bonds is 9. The van der Waals surface area contributed by atoms with Crippen LogP contribution >= 0.6 is 0 Å². The standard InChI is InChI=1S/C28H32N4O5S/c1-18-19(2)37-30-26(18)31-38(34,35)24-10-8-7-9-23(24)22-12-11-20(27-29-13-14-36-27)15-21(22)16-32(6)17-25(33)28(3,4)5/h7-15H,16-17H2,1-6H3,(H,30,31). The molecule has 1 N–H and O–H groups in total. The molecule has 9 nitrogen and oxygen atoms in total. The summed E-state index contributed by atoms with van der Waals surface area (Å²) in [6.45, 7) is 9.78. The molecule has 0 aliphatic heterocycles. The number of hydrogen-bond donors (Lipinski definition) is 1. The Morgan fingerprint density at radius 3 is 2.45 bits per heavy atom. The molecular formula is C28H32N4O5S. The van der Waals surface area contributed by atoms with Crippen molar-refractivity contribution in [1.29, 1.82) is 0 Å². The van der Waals surface area contributed by atoms with Gasteiger partial charge < -0.3 is 8.94 Å². The van der Waals surface area contributed by atoms with E-state index in [1.54, 1.807) is 44.3 Å². The third-order valence-electron chi connectivity index (χ3n) is 6.33. The van der Waals surface area contributed by atoms with Crippen molar-refractivity contribution in [2.75, 3.05) is 18.3 Å². The van der Waals surface area contributed by atoms with Crippen LogP contribution in [-0.4, -0.2) is 42.8 Å². The van der Waals surface area contributed by atoms with Gasteiger partial charge in [-0.2, -0.15) is 0 Å². The summed E-state index contributed by atoms with van der Waals surface area (Å²) in [5.41, 5.74) is 2.94. The second-order valence-corrected chi connectivity index (χ2v) is 12.0. The quantitative estimate of drug-likeness (QED) is 0.299. The molecule has 4 aromatic rings. The predicted octanol–water partition coefficient (Wildman–Crippen LogP) is 5.46. The molecule has 0 saturated carbocycles. The first-order valence-corrected chi connectivity index (χ1v) is 13.6. The maximum absolute atomic E-state index is 13.5. The van der Waals surface area contributed by atoms with Crippen LogP contribution in [0.15, 0.2) is 68.8 Å². The van der Waals surface area contributed by atoms with E-state index in [0.29, 0.717) is 34.9 Å². The van der Waals surface area contributed by atoms with Crippen molar-refractivity contribution in [3.05, 3.63) is 71.8 Å². The van der Waals surface area contributed by atoms with Crippen LogP contribution in [0.25, 0.3) is 22.6 Å². The summed E-state index contributed by atoms with van der Waals surface area (Å²) in [6.07, 6.45) is 3.07. The summed E-state index contributed by atoms with van der Waals surface area (Å²) in [7, 11) is -2.14. The first-order chi connectivity index (χ1) is 17.9. The summed E-state index contributed by atoms with van der Waals surface area (Å²) in [5.74, 6) is 1.24. The van der Waals surface area contributed by atoms with Crippen molar-refractivity contribution < 1.29 is 22.2 Å². The summed E-state index contributed by atoms with van der Waals surface area (Å²) in [6, 6.07) is 12.4. The van der Waals surface area contributed by atoms with Crippen molar-refractivity contribution in [2.24, 2.45) is 5.41 Å². The minimum absolute atomic E-state index is 0.0959. The molecule has 0 unspecified atom stereocenters. The Hall–Kier alpha value is -3.76. The number of nitrogens with zero attached hydrogens (tertiary/aromatic N) is 3. The number of Topliss-reactive ketones (excluding diaryl/α,β-unsaturated/α-hetero) is 1. The van der Waals surface area contributed by atoms with Crippen LogP contribution in [-0.2, 0) is 21.4 Å². The lowest BCUT2D eigenvalue weighted by molar-refractivity contribution is -0.127. The van der Waals surface area contributed by atoms with E-state index in [9.17, 15) is 13.2 Å². The highest BCUT2D eigenvalue weighted by atomic mass is 32.2. The Labute approximate surface area is 222 Å². The second-order valence-electron chi connectivity index (χ2n) is 10.4. The van der Waals surface area contributed by atoms with Crippen LogP contribution in [0.4, 0.5) is 5.82 Å². The van der Waals surface area contributed by atoms with Crippen LogP contribution in [0.5, 0.6) is 0 Å². The van der Waals surface area contributed by atoms with Crippen LogP contribution < -0.4 is 4.72 Å². The molecular weight excluding hydrogens is 504 g/mol. The van der Waals surface area contributed by atoms with Gasteiger partial charge >= 0.3 is 0 Å². The number of sulfonamides is 1. The van der Waals surface area contributed by atoms with E-state index in [1.165, 1.54) is 6.26 Å². The molecule has 200 valence electrons. The molecule has 38 heavy (non-hydrogen) atoms. The SMILES string of the molecule is Cc1onc(NS(=O)(=O)c2ccccc2-c2ccc(-c3ncco3)cc2CN(C)CC(=O)C(C)(C)C)c1C. The van der Waals surface area contributed by atoms with E-state index in [4.69, 9.17) is 8.94 Å². The van der Waals surface area contributed by atoms with Gasteiger partial charge in [-0.15, -0.1) is 0 Å². The molecule has 0 fully saturated rings. The molecule has 10 heteroatoms. The van der Waals surface area contributed by atoms with Gasteiger partial charge in [0.25, 0.3) is 10.0 Å². The lowest BCUT2D eigenvalue weighted by Crippen LogP contribution is -2.33. The van der Waals surface area contributed by atoms with Gasteiger partial charge in [-0.1, -0.05) is 50.2 Å². The highest BCUT2D eigenvalue weighted by Gasteiger charge is 2.25. The number of benzene rings is 2. The maximum atomic E-state index is 13.5. The molecule has 0 radical (unpaired) electrons. The minimum Gasteiger partial charge on any atom is -0.445 e. The zero-order valence-electron chi connectivity index (χ0n) is 22.4. The van der Waals surface area contributed by atoms with Crippen molar-refractivity contribution in [3.63, 3.8) is 0 Å². The van der Waals surface area contributed by atoms with Crippen molar-refractivity contribution in [2.45, 2.75) is 46.1 Å². The third kappa shape index (κ3) is 5.87. The number of hydrogen-bond acceptors (Lipinski definition) is 8. The fraction of sp³-hybridized carbons (Fsp3) is 0.321. The van der Waals surface area contributed by atoms with E-state index in [0.717, 1.165) is 11.1 Å². The molecule has 4 rings (SSSR count). The number of oxazole rings is 1. The number of carbonyl (C=O) groups excluding carboxylic acids is 1. The highest BCUT2D eigenvalue weighted by Crippen LogP contribution is 2.34. The number of nitrogens with one attached hydrogen (secondary N) is 1. The van der Waals surface area contributed by atoms with Gasteiger partial charge in [0.2, 0.25) is 5.89 Å². The average Bonchev–Trinajstić information content (AvgIpc) is 3.50. The molecule has 0 aliphatic carbocycles. The van der Waals surface area contributed by atoms with Crippen molar-refractivity contribution in [1.82, 2.24) is 15.0 Å². The number of ketones is 1. The van der Waals surface area contributed by atoms with E-state index in [1.807, 2.05) is 50.9 Å². The molecule has 0 spiro atoms. The fourth-order valence-corrected chi connectivity index (χ4v) is 5.21. The van der Waals surface area contributed by atoms with E-state index in [-0.39, 0.29) is 23.0 Å².